The second kappa shape index (κ2) is 32.7. The smallest absolute Gasteiger partial charge is 0.409 e. The van der Waals surface area contributed by atoms with Crippen LogP contribution in [0.5, 0.6) is 11.5 Å². The number of likely N-dealkylation sites (tertiary alicyclic amines) is 2. The fourth-order valence-corrected chi connectivity index (χ4v) is 17.0. The van der Waals surface area contributed by atoms with Gasteiger partial charge in [0.25, 0.3) is 0 Å². The molecule has 4 aliphatic heterocycles. The molecule has 6 aliphatic rings. The molecule has 0 radical (unpaired) electrons. The van der Waals surface area contributed by atoms with E-state index < -0.39 is 36.4 Å². The van der Waals surface area contributed by atoms with Gasteiger partial charge in [-0.05, 0) is 193 Å². The van der Waals surface area contributed by atoms with E-state index in [1.165, 1.54) is 44.5 Å². The predicted octanol–water partition coefficient (Wildman–Crippen LogP) is 10.1. The molecule has 0 bridgehead atoms. The number of nitrogens with one attached hydrogen (secondary N) is 3. The molecule has 6 fully saturated rings. The molecule has 94 heavy (non-hydrogen) atoms. The molecule has 5 aromatic rings. The summed E-state index contributed by atoms with van der Waals surface area (Å²) in [6.07, 6.45) is 11.2. The molecule has 2 aromatic heterocycles. The molecule has 5 N–H and O–H groups in total. The number of ether oxygens (including phenoxy) is 2. The lowest BCUT2D eigenvalue weighted by molar-refractivity contribution is -0.150. The summed E-state index contributed by atoms with van der Waals surface area (Å²) in [4.78, 5) is 103. The average Bonchev–Trinajstić information content (AvgIpc) is 1.39. The third-order valence-corrected chi connectivity index (χ3v) is 23.1. The summed E-state index contributed by atoms with van der Waals surface area (Å²) >= 11 is 16.5. The minimum Gasteiger partial charge on any atom is -0.409 e. The number of amides is 6. The maximum atomic E-state index is 15.6. The van der Waals surface area contributed by atoms with Gasteiger partial charge in [0.15, 0.2) is 11.5 Å². The van der Waals surface area contributed by atoms with E-state index in [2.05, 4.69) is 75.1 Å². The van der Waals surface area contributed by atoms with Crippen LogP contribution in [0.25, 0.3) is 0 Å². The number of piperidine rings is 1. The van der Waals surface area contributed by atoms with Crippen molar-refractivity contribution in [3.8, 4) is 11.5 Å². The van der Waals surface area contributed by atoms with E-state index in [4.69, 9.17) is 38.4 Å². The molecular weight excluding hydrogens is 1270 g/mol. The molecule has 4 saturated heterocycles. The number of likely N-dealkylation sites (N-methyl/N-ethyl adjacent to an activating group) is 1. The third-order valence-electron chi connectivity index (χ3n) is 20.8. The number of nitrogens with two attached hydrogens (primary N) is 1. The first-order valence-electron chi connectivity index (χ1n) is 33.9. The van der Waals surface area contributed by atoms with Crippen molar-refractivity contribution in [2.45, 2.75) is 152 Å². The Kier molecular flexibility index (Phi) is 24.1. The number of rotatable bonds is 22. The Bertz CT molecular complexity index is 3340. The van der Waals surface area contributed by atoms with Crippen molar-refractivity contribution in [3.05, 3.63) is 139 Å². The van der Waals surface area contributed by atoms with Gasteiger partial charge in [0.2, 0.25) is 23.6 Å². The Morgan fingerprint density at radius 3 is 1.89 bits per heavy atom. The zero-order chi connectivity index (χ0) is 65.7. The van der Waals surface area contributed by atoms with Gasteiger partial charge in [0.05, 0.1) is 48.3 Å². The fourth-order valence-electron chi connectivity index (χ4n) is 15.3. The summed E-state index contributed by atoms with van der Waals surface area (Å²) in [5.74, 6) is -0.453. The van der Waals surface area contributed by atoms with Gasteiger partial charge in [0, 0.05) is 61.1 Å². The highest BCUT2D eigenvalue weighted by Gasteiger charge is 2.47. The number of nitrogens with zero attached hydrogens (tertiary/aromatic N) is 7. The van der Waals surface area contributed by atoms with Gasteiger partial charge in [-0.25, -0.2) is 9.59 Å². The molecule has 2 saturated carbocycles. The van der Waals surface area contributed by atoms with Crippen LogP contribution < -0.4 is 31.2 Å². The topological polar surface area (TPSA) is 206 Å². The first-order valence-corrected chi connectivity index (χ1v) is 36.4. The molecule has 6 amide bonds. The molecule has 6 heterocycles. The molecule has 2 unspecified atom stereocenters. The van der Waals surface area contributed by atoms with Crippen LogP contribution in [0, 0.1) is 11.3 Å². The number of halogens is 2. The number of piperazine rings is 2. The van der Waals surface area contributed by atoms with Crippen molar-refractivity contribution < 1.29 is 38.2 Å². The Labute approximate surface area is 571 Å². The van der Waals surface area contributed by atoms with E-state index in [-0.39, 0.29) is 114 Å². The number of carbonyl (C=O) groups excluding carboxylic acids is 6. The van der Waals surface area contributed by atoms with Crippen molar-refractivity contribution >= 4 is 81.7 Å². The summed E-state index contributed by atoms with van der Waals surface area (Å²) in [6, 6.07) is 28.0. The van der Waals surface area contributed by atoms with E-state index in [9.17, 15) is 19.2 Å². The molecule has 6 atom stereocenters. The van der Waals surface area contributed by atoms with Gasteiger partial charge >= 0.3 is 12.2 Å². The monoisotopic (exact) mass is 1360 g/mol. The van der Waals surface area contributed by atoms with E-state index >= 15 is 9.59 Å². The Hall–Kier alpha value is -6.14. The van der Waals surface area contributed by atoms with Crippen LogP contribution in [-0.4, -0.2) is 192 Å². The highest BCUT2D eigenvalue weighted by Crippen LogP contribution is 2.45. The standard InChI is InChI=1S/C71H93Cl2N11O8S2/c1-78-32-26-50(27-33-78)64(68(88)84-38-36-82(69(89)91-62-21-7-6-19-57(62)72)47-61(84)66(86)76-44-56-18-12-40-94-56)79(2)54-16-10-15-51(41-54)52-22-23-63(58(73)42-52)92-70(90)81-35-37-83(60(46-81)65(85)75-43-55-17-11-39-93-55)67(87)59(20-8-9-31-74)77-53-24-28-71(29-25-53)30-34-80(48-71)45-49-13-4-3-5-14-49/h3-7,11-14,17-19,21-23,39-40,42,50-51,53-54,59-61,64,77H,8-10,15-16,20,24-38,41,43-48,74H2,1-2H3,(H,75,85)(H,76,86)/t51?,53?,54?,59-,60+,61+,64-,71?/m1/s1. The summed E-state index contributed by atoms with van der Waals surface area (Å²) in [5.41, 5.74) is 8.61. The molecular formula is C71H93Cl2N11O8S2. The zero-order valence-corrected chi connectivity index (χ0v) is 57.5. The summed E-state index contributed by atoms with van der Waals surface area (Å²) in [6.45, 7) is 6.43. The average molecular weight is 1360 g/mol. The highest BCUT2D eigenvalue weighted by atomic mass is 35.5. The van der Waals surface area contributed by atoms with Crippen LogP contribution in [0.4, 0.5) is 9.59 Å². The van der Waals surface area contributed by atoms with Gasteiger partial charge in [-0.3, -0.25) is 29.0 Å². The lowest BCUT2D eigenvalue weighted by Crippen LogP contribution is -2.66. The van der Waals surface area contributed by atoms with E-state index in [0.29, 0.717) is 26.1 Å². The van der Waals surface area contributed by atoms with E-state index in [1.54, 1.807) is 40.1 Å². The first-order chi connectivity index (χ1) is 45.6. The van der Waals surface area contributed by atoms with Crippen molar-refractivity contribution in [2.75, 3.05) is 86.1 Å². The molecule has 3 aromatic carbocycles. The van der Waals surface area contributed by atoms with Crippen molar-refractivity contribution in [3.63, 3.8) is 0 Å². The molecule has 23 heteroatoms. The predicted molar refractivity (Wildman–Crippen MR) is 369 cm³/mol. The van der Waals surface area contributed by atoms with Crippen LogP contribution in [0.2, 0.25) is 10.0 Å². The van der Waals surface area contributed by atoms with Crippen LogP contribution in [-0.2, 0) is 38.8 Å². The van der Waals surface area contributed by atoms with Gasteiger partial charge in [-0.1, -0.05) is 96.7 Å². The Balaban J connectivity index is 0.743. The van der Waals surface area contributed by atoms with Crippen LogP contribution >= 0.6 is 45.9 Å². The highest BCUT2D eigenvalue weighted by molar-refractivity contribution is 7.10. The molecule has 1 spiro atoms. The summed E-state index contributed by atoms with van der Waals surface area (Å²) in [5, 5.41) is 14.4. The third kappa shape index (κ3) is 17.5. The van der Waals surface area contributed by atoms with Crippen molar-refractivity contribution in [1.82, 2.24) is 50.2 Å². The van der Waals surface area contributed by atoms with Gasteiger partial charge < -0.3 is 55.7 Å². The SMILES string of the molecule is CN1CCC([C@H](C(=O)N2CCN(C(=O)Oc3ccccc3Cl)C[C@H]2C(=O)NCc2cccs2)N(C)C2CCCC(c3ccc(OC(=O)N4CCN(C(=O)[C@@H](CCCCN)NC5CCC6(CC5)CCN(Cc5ccccc5)C6)[C@H](C(=O)NCc5cccs5)C4)c(Cl)c3)C2)CC1. The lowest BCUT2D eigenvalue weighted by atomic mass is 9.72. The number of unbranched alkanes of at least 4 members (excludes halogenated alkanes) is 1. The number of hydrogen-bond acceptors (Lipinski definition) is 15. The normalized spacial score (nSPS) is 23.9. The van der Waals surface area contributed by atoms with Crippen LogP contribution in [0.1, 0.15) is 117 Å². The maximum absolute atomic E-state index is 15.6. The number of thiophene rings is 2. The number of para-hydroxylation sites is 1. The fraction of sp³-hybridized carbons (Fsp3) is 0.549. The number of carbonyl (C=O) groups is 6. The quantitative estimate of drug-likeness (QED) is 0.0477. The van der Waals surface area contributed by atoms with Crippen molar-refractivity contribution in [1.29, 1.82) is 0 Å². The van der Waals surface area contributed by atoms with Gasteiger partial charge in [0.1, 0.15) is 12.1 Å². The van der Waals surface area contributed by atoms with Crippen molar-refractivity contribution in [2.24, 2.45) is 17.1 Å². The largest absolute Gasteiger partial charge is 0.415 e. The zero-order valence-electron chi connectivity index (χ0n) is 54.4. The van der Waals surface area contributed by atoms with Gasteiger partial charge in [-0.2, -0.15) is 0 Å². The van der Waals surface area contributed by atoms with Gasteiger partial charge in [-0.15, -0.1) is 22.7 Å². The number of hydrogen-bond donors (Lipinski definition) is 4. The summed E-state index contributed by atoms with van der Waals surface area (Å²) < 4.78 is 11.8. The second-order valence-corrected chi connectivity index (χ2v) is 29.8. The second-order valence-electron chi connectivity index (χ2n) is 26.9. The minimum absolute atomic E-state index is 0.00788. The Morgan fingerprint density at radius 2 is 1.29 bits per heavy atom. The molecule has 19 nitrogen and oxygen atoms in total. The van der Waals surface area contributed by atoms with Crippen LogP contribution in [0.3, 0.4) is 0 Å². The number of benzene rings is 3. The Morgan fingerprint density at radius 1 is 0.670 bits per heavy atom. The summed E-state index contributed by atoms with van der Waals surface area (Å²) in [7, 11) is 4.16. The maximum Gasteiger partial charge on any atom is 0.415 e. The molecule has 506 valence electrons. The van der Waals surface area contributed by atoms with Crippen LogP contribution in [0.15, 0.2) is 108 Å². The lowest BCUT2D eigenvalue weighted by Gasteiger charge is -2.47. The minimum atomic E-state index is -0.973. The van der Waals surface area contributed by atoms with E-state index in [1.807, 2.05) is 47.2 Å². The van der Waals surface area contributed by atoms with E-state index in [0.717, 1.165) is 125 Å². The molecule has 11 rings (SSSR count). The molecule has 2 aliphatic carbocycles. The first kappa shape index (κ1) is 69.2.